The van der Waals surface area contributed by atoms with Crippen LogP contribution in [-0.4, -0.2) is 23.7 Å². The maximum Gasteiger partial charge on any atom is 0.237 e. The van der Waals surface area contributed by atoms with Crippen LogP contribution in [0.3, 0.4) is 0 Å². The number of nitrogens with zero attached hydrogens (tertiary/aromatic N) is 1. The SMILES string of the molecule is CC(C)C(C#N)C(=O)NC1CCCC1CO. The molecule has 0 aromatic rings. The Morgan fingerprint density at radius 3 is 2.75 bits per heavy atom. The minimum absolute atomic E-state index is 0.0268. The fourth-order valence-electron chi connectivity index (χ4n) is 2.23. The average Bonchev–Trinajstić information content (AvgIpc) is 2.65. The van der Waals surface area contributed by atoms with Crippen LogP contribution in [0.1, 0.15) is 33.1 Å². The number of aliphatic hydroxyl groups excluding tert-OH is 1. The molecule has 1 rings (SSSR count). The van der Waals surface area contributed by atoms with Gasteiger partial charge in [-0.15, -0.1) is 0 Å². The van der Waals surface area contributed by atoms with Crippen molar-refractivity contribution >= 4 is 5.91 Å². The summed E-state index contributed by atoms with van der Waals surface area (Å²) < 4.78 is 0. The summed E-state index contributed by atoms with van der Waals surface area (Å²) in [5.74, 6) is -0.586. The van der Waals surface area contributed by atoms with Crippen LogP contribution in [0, 0.1) is 29.1 Å². The number of nitriles is 1. The van der Waals surface area contributed by atoms with Crippen molar-refractivity contribution in [1.82, 2.24) is 5.32 Å². The molecule has 0 radical (unpaired) electrons. The van der Waals surface area contributed by atoms with E-state index >= 15 is 0 Å². The Kier molecular flexibility index (Phi) is 4.75. The molecule has 1 amide bonds. The van der Waals surface area contributed by atoms with Crippen molar-refractivity contribution in [1.29, 1.82) is 5.26 Å². The second-order valence-electron chi connectivity index (χ2n) is 4.84. The fraction of sp³-hybridized carbons (Fsp3) is 0.833. The second-order valence-corrected chi connectivity index (χ2v) is 4.84. The lowest BCUT2D eigenvalue weighted by Gasteiger charge is -2.21. The van der Waals surface area contributed by atoms with Gasteiger partial charge >= 0.3 is 0 Å². The zero-order valence-corrected chi connectivity index (χ0v) is 9.94. The van der Waals surface area contributed by atoms with Crippen molar-refractivity contribution in [2.75, 3.05) is 6.61 Å². The van der Waals surface area contributed by atoms with Crippen LogP contribution >= 0.6 is 0 Å². The first-order valence-electron chi connectivity index (χ1n) is 5.91. The molecule has 0 aliphatic heterocycles. The molecule has 0 aromatic carbocycles. The molecule has 16 heavy (non-hydrogen) atoms. The molecule has 0 saturated heterocycles. The number of hydrogen-bond acceptors (Lipinski definition) is 3. The van der Waals surface area contributed by atoms with E-state index in [2.05, 4.69) is 5.32 Å². The summed E-state index contributed by atoms with van der Waals surface area (Å²) in [6, 6.07) is 2.08. The molecule has 1 aliphatic carbocycles. The maximum absolute atomic E-state index is 11.8. The molecule has 1 aliphatic rings. The van der Waals surface area contributed by atoms with E-state index in [-0.39, 0.29) is 30.4 Å². The van der Waals surface area contributed by atoms with Crippen LogP contribution in [0.5, 0.6) is 0 Å². The van der Waals surface area contributed by atoms with Crippen molar-refractivity contribution in [2.24, 2.45) is 17.8 Å². The number of amides is 1. The Morgan fingerprint density at radius 1 is 1.56 bits per heavy atom. The van der Waals surface area contributed by atoms with Gasteiger partial charge in [0.1, 0.15) is 5.92 Å². The van der Waals surface area contributed by atoms with Crippen molar-refractivity contribution in [2.45, 2.75) is 39.2 Å². The van der Waals surface area contributed by atoms with E-state index in [1.54, 1.807) is 0 Å². The van der Waals surface area contributed by atoms with E-state index in [0.29, 0.717) is 0 Å². The Hall–Kier alpha value is -1.08. The molecule has 0 spiro atoms. The van der Waals surface area contributed by atoms with E-state index in [1.165, 1.54) is 0 Å². The van der Waals surface area contributed by atoms with Crippen LogP contribution < -0.4 is 5.32 Å². The van der Waals surface area contributed by atoms with Crippen LogP contribution in [-0.2, 0) is 4.79 Å². The standard InChI is InChI=1S/C12H20N2O2/c1-8(2)10(6-13)12(16)14-11-5-3-4-9(11)7-15/h8-11,15H,3-5,7H2,1-2H3,(H,14,16). The van der Waals surface area contributed by atoms with E-state index in [9.17, 15) is 4.79 Å². The molecule has 2 N–H and O–H groups in total. The number of carbonyl (C=O) groups excluding carboxylic acids is 1. The van der Waals surface area contributed by atoms with Gasteiger partial charge in [-0.25, -0.2) is 0 Å². The van der Waals surface area contributed by atoms with Gasteiger partial charge in [0.25, 0.3) is 0 Å². The quantitative estimate of drug-likeness (QED) is 0.750. The molecular formula is C12H20N2O2. The molecule has 0 aromatic heterocycles. The normalized spacial score (nSPS) is 26.4. The lowest BCUT2D eigenvalue weighted by molar-refractivity contribution is -0.125. The largest absolute Gasteiger partial charge is 0.396 e. The lowest BCUT2D eigenvalue weighted by Crippen LogP contribution is -2.42. The first-order chi connectivity index (χ1) is 7.60. The van der Waals surface area contributed by atoms with E-state index in [1.807, 2.05) is 19.9 Å². The summed E-state index contributed by atoms with van der Waals surface area (Å²) in [5.41, 5.74) is 0. The Bertz CT molecular complexity index is 283. The van der Waals surface area contributed by atoms with E-state index in [4.69, 9.17) is 10.4 Å². The Labute approximate surface area is 96.6 Å². The first-order valence-corrected chi connectivity index (χ1v) is 5.91. The molecule has 0 bridgehead atoms. The fourth-order valence-corrected chi connectivity index (χ4v) is 2.23. The van der Waals surface area contributed by atoms with Gasteiger partial charge < -0.3 is 10.4 Å². The van der Waals surface area contributed by atoms with E-state index < -0.39 is 5.92 Å². The monoisotopic (exact) mass is 224 g/mol. The van der Waals surface area contributed by atoms with Gasteiger partial charge in [0.2, 0.25) is 5.91 Å². The number of carbonyl (C=O) groups is 1. The smallest absolute Gasteiger partial charge is 0.237 e. The number of aliphatic hydroxyl groups is 1. The van der Waals surface area contributed by atoms with Crippen molar-refractivity contribution in [3.8, 4) is 6.07 Å². The first kappa shape index (κ1) is 13.0. The molecule has 1 saturated carbocycles. The summed E-state index contributed by atoms with van der Waals surface area (Å²) in [6.45, 7) is 3.85. The number of hydrogen-bond donors (Lipinski definition) is 2. The second kappa shape index (κ2) is 5.86. The molecule has 0 heterocycles. The zero-order valence-electron chi connectivity index (χ0n) is 9.94. The molecule has 3 unspecified atom stereocenters. The summed E-state index contributed by atoms with van der Waals surface area (Å²) in [6.07, 6.45) is 2.91. The van der Waals surface area contributed by atoms with Crippen molar-refractivity contribution in [3.63, 3.8) is 0 Å². The molecule has 4 heteroatoms. The van der Waals surface area contributed by atoms with Gasteiger partial charge in [-0.3, -0.25) is 4.79 Å². The minimum Gasteiger partial charge on any atom is -0.396 e. The van der Waals surface area contributed by atoms with Crippen molar-refractivity contribution < 1.29 is 9.90 Å². The highest BCUT2D eigenvalue weighted by Gasteiger charge is 2.30. The third-order valence-corrected chi connectivity index (χ3v) is 3.31. The average molecular weight is 224 g/mol. The zero-order chi connectivity index (χ0) is 12.1. The van der Waals surface area contributed by atoms with Crippen LogP contribution in [0.4, 0.5) is 0 Å². The Morgan fingerprint density at radius 2 is 2.25 bits per heavy atom. The van der Waals surface area contributed by atoms with Gasteiger partial charge in [0.05, 0.1) is 6.07 Å². The van der Waals surface area contributed by atoms with Gasteiger partial charge in [0.15, 0.2) is 0 Å². The maximum atomic E-state index is 11.8. The van der Waals surface area contributed by atoms with Crippen LogP contribution in [0.2, 0.25) is 0 Å². The third-order valence-electron chi connectivity index (χ3n) is 3.31. The summed E-state index contributed by atoms with van der Waals surface area (Å²) >= 11 is 0. The summed E-state index contributed by atoms with van der Waals surface area (Å²) in [5, 5.41) is 20.9. The van der Waals surface area contributed by atoms with Gasteiger partial charge in [-0.2, -0.15) is 5.26 Å². The lowest BCUT2D eigenvalue weighted by atomic mass is 9.95. The van der Waals surface area contributed by atoms with Gasteiger partial charge in [0, 0.05) is 18.6 Å². The molecule has 1 fully saturated rings. The minimum atomic E-state index is -0.583. The predicted octanol–water partition coefficient (Wildman–Crippen LogP) is 1.06. The summed E-state index contributed by atoms with van der Waals surface area (Å²) in [4.78, 5) is 11.8. The third kappa shape index (κ3) is 2.96. The highest BCUT2D eigenvalue weighted by molar-refractivity contribution is 5.81. The molecule has 4 nitrogen and oxygen atoms in total. The number of nitrogens with one attached hydrogen (secondary N) is 1. The van der Waals surface area contributed by atoms with Crippen molar-refractivity contribution in [3.05, 3.63) is 0 Å². The predicted molar refractivity (Wildman–Crippen MR) is 60.3 cm³/mol. The van der Waals surface area contributed by atoms with Crippen LogP contribution in [0.15, 0.2) is 0 Å². The topological polar surface area (TPSA) is 73.1 Å². The van der Waals surface area contributed by atoms with Gasteiger partial charge in [-0.05, 0) is 18.8 Å². The van der Waals surface area contributed by atoms with Crippen LogP contribution in [0.25, 0.3) is 0 Å². The summed E-state index contributed by atoms with van der Waals surface area (Å²) in [7, 11) is 0. The number of rotatable bonds is 4. The highest BCUT2D eigenvalue weighted by atomic mass is 16.3. The highest BCUT2D eigenvalue weighted by Crippen LogP contribution is 2.25. The molecule has 3 atom stereocenters. The van der Waals surface area contributed by atoms with E-state index in [0.717, 1.165) is 19.3 Å². The van der Waals surface area contributed by atoms with Gasteiger partial charge in [-0.1, -0.05) is 20.3 Å². The Balaban J connectivity index is 2.53. The molecular weight excluding hydrogens is 204 g/mol. The molecule has 90 valence electrons.